The number of nitrogens with one attached hydrogen (secondary N) is 1. The van der Waals surface area contributed by atoms with Crippen LogP contribution in [0.1, 0.15) is 25.0 Å². The smallest absolute Gasteiger partial charge is 0.229 e. The first-order chi connectivity index (χ1) is 14.1. The SMILES string of the molecule is Cc1cccc(C=NNc2nc(N3CCOCC3)nc3c2ncn3CC(C)C)c1. The predicted octanol–water partition coefficient (Wildman–Crippen LogP) is 3.07. The molecule has 2 aromatic heterocycles. The van der Waals surface area contributed by atoms with Gasteiger partial charge < -0.3 is 14.2 Å². The van der Waals surface area contributed by atoms with Crippen LogP contribution >= 0.6 is 0 Å². The Hall–Kier alpha value is -3.00. The second-order valence-corrected chi connectivity index (χ2v) is 7.72. The third-order valence-electron chi connectivity index (χ3n) is 4.73. The van der Waals surface area contributed by atoms with E-state index in [0.717, 1.165) is 36.4 Å². The van der Waals surface area contributed by atoms with E-state index in [1.807, 2.05) is 18.5 Å². The molecule has 0 saturated carbocycles. The van der Waals surface area contributed by atoms with Gasteiger partial charge in [0.05, 0.1) is 25.8 Å². The fraction of sp³-hybridized carbons (Fsp3) is 0.429. The topological polar surface area (TPSA) is 80.5 Å². The Morgan fingerprint density at radius 2 is 2.07 bits per heavy atom. The highest BCUT2D eigenvalue weighted by atomic mass is 16.5. The van der Waals surface area contributed by atoms with Crippen LogP contribution in [0.5, 0.6) is 0 Å². The Balaban J connectivity index is 1.67. The van der Waals surface area contributed by atoms with Gasteiger partial charge in [0.1, 0.15) is 0 Å². The van der Waals surface area contributed by atoms with E-state index in [-0.39, 0.29) is 0 Å². The largest absolute Gasteiger partial charge is 0.378 e. The lowest BCUT2D eigenvalue weighted by Crippen LogP contribution is -2.37. The summed E-state index contributed by atoms with van der Waals surface area (Å²) in [6, 6.07) is 8.18. The molecule has 0 atom stereocenters. The molecule has 0 amide bonds. The van der Waals surface area contributed by atoms with Gasteiger partial charge in [-0.3, -0.25) is 5.43 Å². The summed E-state index contributed by atoms with van der Waals surface area (Å²) in [7, 11) is 0. The lowest BCUT2D eigenvalue weighted by atomic mass is 10.2. The first-order valence-corrected chi connectivity index (χ1v) is 10.0. The molecule has 1 aliphatic rings. The molecular formula is C21H27N7O. The zero-order valence-electron chi connectivity index (χ0n) is 17.2. The number of rotatable bonds is 6. The van der Waals surface area contributed by atoms with Gasteiger partial charge in [0, 0.05) is 19.6 Å². The predicted molar refractivity (Wildman–Crippen MR) is 116 cm³/mol. The van der Waals surface area contributed by atoms with Crippen LogP contribution in [0.25, 0.3) is 11.2 Å². The molecule has 0 unspecified atom stereocenters. The summed E-state index contributed by atoms with van der Waals surface area (Å²) < 4.78 is 7.55. The highest BCUT2D eigenvalue weighted by molar-refractivity contribution is 5.86. The van der Waals surface area contributed by atoms with E-state index >= 15 is 0 Å². The van der Waals surface area contributed by atoms with E-state index < -0.39 is 0 Å². The van der Waals surface area contributed by atoms with Crippen LogP contribution in [0, 0.1) is 12.8 Å². The van der Waals surface area contributed by atoms with Crippen LogP contribution in [0.3, 0.4) is 0 Å². The molecule has 1 aromatic carbocycles. The number of aryl methyl sites for hydroxylation is 1. The van der Waals surface area contributed by atoms with Gasteiger partial charge in [0.15, 0.2) is 17.0 Å². The Morgan fingerprint density at radius 1 is 1.24 bits per heavy atom. The van der Waals surface area contributed by atoms with Gasteiger partial charge in [-0.05, 0) is 18.4 Å². The number of fused-ring (bicyclic) bond motifs is 1. The van der Waals surface area contributed by atoms with Crippen molar-refractivity contribution in [3.63, 3.8) is 0 Å². The molecule has 0 radical (unpaired) electrons. The molecule has 8 nitrogen and oxygen atoms in total. The minimum absolute atomic E-state index is 0.491. The lowest BCUT2D eigenvalue weighted by Gasteiger charge is -2.27. The van der Waals surface area contributed by atoms with Crippen molar-refractivity contribution in [1.82, 2.24) is 19.5 Å². The molecule has 29 heavy (non-hydrogen) atoms. The third-order valence-corrected chi connectivity index (χ3v) is 4.73. The number of nitrogens with zero attached hydrogens (tertiary/aromatic N) is 6. The van der Waals surface area contributed by atoms with Gasteiger partial charge in [-0.1, -0.05) is 43.7 Å². The number of imidazole rings is 1. The normalized spacial score (nSPS) is 15.0. The maximum atomic E-state index is 5.47. The van der Waals surface area contributed by atoms with Crippen LogP contribution in [0.4, 0.5) is 11.8 Å². The first-order valence-electron chi connectivity index (χ1n) is 10.0. The molecule has 8 heteroatoms. The zero-order valence-corrected chi connectivity index (χ0v) is 17.2. The molecule has 4 rings (SSSR count). The summed E-state index contributed by atoms with van der Waals surface area (Å²) in [5, 5.41) is 4.40. The average Bonchev–Trinajstić information content (AvgIpc) is 3.11. The maximum Gasteiger partial charge on any atom is 0.229 e. The Bertz CT molecular complexity index is 1010. The fourth-order valence-corrected chi connectivity index (χ4v) is 3.36. The molecule has 0 bridgehead atoms. The molecule has 1 fully saturated rings. The molecular weight excluding hydrogens is 366 g/mol. The quantitative estimate of drug-likeness (QED) is 0.512. The fourth-order valence-electron chi connectivity index (χ4n) is 3.36. The molecule has 152 valence electrons. The van der Waals surface area contributed by atoms with Crippen LogP contribution in [0.15, 0.2) is 35.7 Å². The summed E-state index contributed by atoms with van der Waals surface area (Å²) >= 11 is 0. The molecule has 3 aromatic rings. The van der Waals surface area contributed by atoms with Crippen LogP contribution in [0.2, 0.25) is 0 Å². The lowest BCUT2D eigenvalue weighted by molar-refractivity contribution is 0.122. The maximum absolute atomic E-state index is 5.47. The summed E-state index contributed by atoms with van der Waals surface area (Å²) in [4.78, 5) is 16.2. The molecule has 1 N–H and O–H groups in total. The van der Waals surface area contributed by atoms with Crippen LogP contribution in [-0.2, 0) is 11.3 Å². The van der Waals surface area contributed by atoms with Gasteiger partial charge in [0.2, 0.25) is 5.95 Å². The van der Waals surface area contributed by atoms with E-state index in [4.69, 9.17) is 14.7 Å². The van der Waals surface area contributed by atoms with E-state index in [1.165, 1.54) is 5.56 Å². The Labute approximate surface area is 170 Å². The van der Waals surface area contributed by atoms with Crippen molar-refractivity contribution in [2.75, 3.05) is 36.6 Å². The minimum Gasteiger partial charge on any atom is -0.378 e. The van der Waals surface area contributed by atoms with Gasteiger partial charge in [-0.25, -0.2) is 4.98 Å². The van der Waals surface area contributed by atoms with E-state index in [2.05, 4.69) is 57.9 Å². The highest BCUT2D eigenvalue weighted by Crippen LogP contribution is 2.24. The Kier molecular flexibility index (Phi) is 5.71. The number of aromatic nitrogens is 4. The van der Waals surface area contributed by atoms with E-state index in [9.17, 15) is 0 Å². The van der Waals surface area contributed by atoms with Crippen LogP contribution in [-0.4, -0.2) is 52.0 Å². The summed E-state index contributed by atoms with van der Waals surface area (Å²) in [5.41, 5.74) is 6.86. The number of morpholine rings is 1. The third kappa shape index (κ3) is 4.54. The number of benzene rings is 1. The van der Waals surface area contributed by atoms with Crippen LogP contribution < -0.4 is 10.3 Å². The van der Waals surface area contributed by atoms with E-state index in [0.29, 0.717) is 30.9 Å². The number of anilines is 2. The number of hydrazone groups is 1. The summed E-state index contributed by atoms with van der Waals surface area (Å²) in [6.07, 6.45) is 3.62. The molecule has 0 spiro atoms. The van der Waals surface area contributed by atoms with Gasteiger partial charge >= 0.3 is 0 Å². The van der Waals surface area contributed by atoms with Gasteiger partial charge in [-0.15, -0.1) is 0 Å². The molecule has 1 saturated heterocycles. The van der Waals surface area contributed by atoms with Crippen molar-refractivity contribution in [3.8, 4) is 0 Å². The van der Waals surface area contributed by atoms with E-state index in [1.54, 1.807) is 6.21 Å². The number of hydrogen-bond donors (Lipinski definition) is 1. The second kappa shape index (κ2) is 8.57. The van der Waals surface area contributed by atoms with Crippen molar-refractivity contribution in [2.24, 2.45) is 11.0 Å². The van der Waals surface area contributed by atoms with Crippen molar-refractivity contribution in [1.29, 1.82) is 0 Å². The standard InChI is InChI=1S/C21H27N7O/c1-15(2)13-28-14-22-18-19(26-23-12-17-6-4-5-16(3)11-17)24-21(25-20(18)28)27-7-9-29-10-8-27/h4-6,11-12,14-15H,7-10,13H2,1-3H3,(H,24,25,26). The van der Waals surface area contributed by atoms with Crippen molar-refractivity contribution in [2.45, 2.75) is 27.3 Å². The van der Waals surface area contributed by atoms with Crippen molar-refractivity contribution in [3.05, 3.63) is 41.7 Å². The zero-order chi connectivity index (χ0) is 20.2. The average molecular weight is 393 g/mol. The highest BCUT2D eigenvalue weighted by Gasteiger charge is 2.19. The monoisotopic (exact) mass is 393 g/mol. The molecule has 3 heterocycles. The molecule has 1 aliphatic heterocycles. The summed E-state index contributed by atoms with van der Waals surface area (Å²) in [6.45, 7) is 10.2. The Morgan fingerprint density at radius 3 is 2.83 bits per heavy atom. The molecule has 0 aliphatic carbocycles. The number of ether oxygens (including phenoxy) is 1. The van der Waals surface area contributed by atoms with Gasteiger partial charge in [0.25, 0.3) is 0 Å². The first kappa shape index (κ1) is 19.3. The van der Waals surface area contributed by atoms with Gasteiger partial charge in [-0.2, -0.15) is 15.1 Å². The number of hydrogen-bond acceptors (Lipinski definition) is 7. The van der Waals surface area contributed by atoms with Crippen molar-refractivity contribution >= 4 is 29.1 Å². The minimum atomic E-state index is 0.491. The second-order valence-electron chi connectivity index (χ2n) is 7.72. The van der Waals surface area contributed by atoms with Crippen molar-refractivity contribution < 1.29 is 4.74 Å². The summed E-state index contributed by atoms with van der Waals surface area (Å²) in [5.74, 6) is 1.78.